The van der Waals surface area contributed by atoms with Crippen LogP contribution in [0, 0.1) is 5.92 Å². The fourth-order valence-corrected chi connectivity index (χ4v) is 2.69. The summed E-state index contributed by atoms with van der Waals surface area (Å²) in [6.45, 7) is 0. The Morgan fingerprint density at radius 3 is 2.61 bits per heavy atom. The summed E-state index contributed by atoms with van der Waals surface area (Å²) < 4.78 is 5.63. The zero-order valence-corrected chi connectivity index (χ0v) is 10.3. The summed E-state index contributed by atoms with van der Waals surface area (Å²) in [6.07, 6.45) is 3.65. The lowest BCUT2D eigenvalue weighted by molar-refractivity contribution is 0.0858. The second-order valence-electron chi connectivity index (χ2n) is 5.12. The van der Waals surface area contributed by atoms with Crippen molar-refractivity contribution in [3.05, 3.63) is 36.1 Å². The Morgan fingerprint density at radius 2 is 1.89 bits per heavy atom. The quantitative estimate of drug-likeness (QED) is 0.824. The highest BCUT2D eigenvalue weighted by atomic mass is 16.3. The topological polar surface area (TPSA) is 56.2 Å². The van der Waals surface area contributed by atoms with Gasteiger partial charge in [-0.15, -0.1) is 0 Å². The van der Waals surface area contributed by atoms with Gasteiger partial charge in [-0.05, 0) is 37.8 Å². The minimum atomic E-state index is 0.0883. The maximum atomic E-state index is 12.3. The first-order valence-corrected chi connectivity index (χ1v) is 6.52. The van der Waals surface area contributed by atoms with E-state index in [1.54, 1.807) is 0 Å². The van der Waals surface area contributed by atoms with Crippen molar-refractivity contribution >= 4 is 16.8 Å². The van der Waals surface area contributed by atoms with Gasteiger partial charge in [-0.25, -0.2) is 0 Å². The molecular formula is C15H17NO2. The van der Waals surface area contributed by atoms with Crippen LogP contribution >= 0.6 is 0 Å². The molecule has 1 fully saturated rings. The zero-order chi connectivity index (χ0) is 12.5. The van der Waals surface area contributed by atoms with Gasteiger partial charge >= 0.3 is 0 Å². The summed E-state index contributed by atoms with van der Waals surface area (Å²) in [6, 6.07) is 9.84. The number of nitrogens with two attached hydrogens (primary N) is 1. The SMILES string of the molecule is NC1CCC(C(=O)c2cc3ccccc3o2)CC1. The normalized spacial score (nSPS) is 24.3. The zero-order valence-electron chi connectivity index (χ0n) is 10.3. The van der Waals surface area contributed by atoms with Crippen molar-refractivity contribution in [2.45, 2.75) is 31.7 Å². The summed E-state index contributed by atoms with van der Waals surface area (Å²) in [5, 5.41) is 0.994. The number of benzene rings is 1. The number of Topliss-reactive ketones (excluding diaryl/α,β-unsaturated/α-hetero) is 1. The molecule has 3 nitrogen and oxygen atoms in total. The molecule has 0 bridgehead atoms. The van der Waals surface area contributed by atoms with Crippen LogP contribution in [0.1, 0.15) is 36.2 Å². The van der Waals surface area contributed by atoms with Gasteiger partial charge in [-0.3, -0.25) is 4.79 Å². The smallest absolute Gasteiger partial charge is 0.201 e. The lowest BCUT2D eigenvalue weighted by Gasteiger charge is -2.24. The summed E-state index contributed by atoms with van der Waals surface area (Å²) >= 11 is 0. The molecule has 1 aromatic carbocycles. The fourth-order valence-electron chi connectivity index (χ4n) is 2.69. The van der Waals surface area contributed by atoms with E-state index in [1.165, 1.54) is 0 Å². The van der Waals surface area contributed by atoms with Gasteiger partial charge in [0, 0.05) is 17.3 Å². The van der Waals surface area contributed by atoms with Crippen molar-refractivity contribution in [2.24, 2.45) is 11.7 Å². The molecule has 18 heavy (non-hydrogen) atoms. The highest BCUT2D eigenvalue weighted by Gasteiger charge is 2.27. The number of carbonyl (C=O) groups excluding carboxylic acids is 1. The Bertz CT molecular complexity index is 532. The minimum absolute atomic E-state index is 0.0883. The number of rotatable bonds is 2. The largest absolute Gasteiger partial charge is 0.453 e. The van der Waals surface area contributed by atoms with Crippen LogP contribution in [-0.4, -0.2) is 11.8 Å². The van der Waals surface area contributed by atoms with Crippen LogP contribution in [0.2, 0.25) is 0 Å². The number of para-hydroxylation sites is 1. The van der Waals surface area contributed by atoms with Crippen molar-refractivity contribution in [3.63, 3.8) is 0 Å². The van der Waals surface area contributed by atoms with Crippen LogP contribution in [0.15, 0.2) is 34.7 Å². The number of hydrogen-bond donors (Lipinski definition) is 1. The monoisotopic (exact) mass is 243 g/mol. The molecule has 1 heterocycles. The van der Waals surface area contributed by atoms with Crippen molar-refractivity contribution in [1.29, 1.82) is 0 Å². The Kier molecular flexibility index (Phi) is 2.92. The number of hydrogen-bond acceptors (Lipinski definition) is 3. The maximum Gasteiger partial charge on any atom is 0.201 e. The first-order chi connectivity index (χ1) is 8.74. The number of carbonyl (C=O) groups is 1. The van der Waals surface area contributed by atoms with Crippen molar-refractivity contribution in [2.75, 3.05) is 0 Å². The van der Waals surface area contributed by atoms with Gasteiger partial charge in [-0.1, -0.05) is 18.2 Å². The highest BCUT2D eigenvalue weighted by Crippen LogP contribution is 2.28. The average Bonchev–Trinajstić information content (AvgIpc) is 2.82. The molecule has 0 spiro atoms. The lowest BCUT2D eigenvalue weighted by atomic mass is 9.83. The lowest BCUT2D eigenvalue weighted by Crippen LogP contribution is -2.29. The second-order valence-corrected chi connectivity index (χ2v) is 5.12. The molecule has 0 saturated heterocycles. The molecule has 0 amide bonds. The van der Waals surface area contributed by atoms with Gasteiger partial charge in [0.25, 0.3) is 0 Å². The van der Waals surface area contributed by atoms with E-state index in [4.69, 9.17) is 10.2 Å². The summed E-state index contributed by atoms with van der Waals surface area (Å²) in [7, 11) is 0. The molecule has 2 aromatic rings. The van der Waals surface area contributed by atoms with E-state index < -0.39 is 0 Å². The van der Waals surface area contributed by atoms with Crippen LogP contribution in [-0.2, 0) is 0 Å². The van der Waals surface area contributed by atoms with Crippen molar-refractivity contribution in [3.8, 4) is 0 Å². The van der Waals surface area contributed by atoms with Gasteiger partial charge in [0.15, 0.2) is 5.76 Å². The molecule has 0 unspecified atom stereocenters. The van der Waals surface area contributed by atoms with Gasteiger partial charge in [-0.2, -0.15) is 0 Å². The molecule has 0 radical (unpaired) electrons. The molecular weight excluding hydrogens is 226 g/mol. The molecule has 0 aliphatic heterocycles. The average molecular weight is 243 g/mol. The van der Waals surface area contributed by atoms with Gasteiger partial charge in [0.2, 0.25) is 5.78 Å². The molecule has 0 atom stereocenters. The van der Waals surface area contributed by atoms with E-state index in [1.807, 2.05) is 30.3 Å². The van der Waals surface area contributed by atoms with Crippen molar-refractivity contribution < 1.29 is 9.21 Å². The van der Waals surface area contributed by atoms with Crippen LogP contribution in [0.3, 0.4) is 0 Å². The van der Waals surface area contributed by atoms with Crippen LogP contribution in [0.25, 0.3) is 11.0 Å². The standard InChI is InChI=1S/C15H17NO2/c16-12-7-5-10(6-8-12)15(17)14-9-11-3-1-2-4-13(11)18-14/h1-4,9-10,12H,5-8,16H2. The summed E-state index contributed by atoms with van der Waals surface area (Å²) in [5.74, 6) is 0.722. The first-order valence-electron chi connectivity index (χ1n) is 6.52. The summed E-state index contributed by atoms with van der Waals surface area (Å²) in [5.41, 5.74) is 6.65. The third-order valence-corrected chi connectivity index (χ3v) is 3.81. The van der Waals surface area contributed by atoms with Gasteiger partial charge < -0.3 is 10.2 Å². The van der Waals surface area contributed by atoms with E-state index in [0.29, 0.717) is 5.76 Å². The van der Waals surface area contributed by atoms with Crippen LogP contribution < -0.4 is 5.73 Å². The fraction of sp³-hybridized carbons (Fsp3) is 0.400. The Hall–Kier alpha value is -1.61. The molecule has 1 aliphatic rings. The maximum absolute atomic E-state index is 12.3. The molecule has 1 aromatic heterocycles. The molecule has 3 heteroatoms. The molecule has 1 aliphatic carbocycles. The number of ketones is 1. The Labute approximate surface area is 106 Å². The van der Waals surface area contributed by atoms with E-state index in [-0.39, 0.29) is 17.7 Å². The van der Waals surface area contributed by atoms with E-state index in [9.17, 15) is 4.79 Å². The Morgan fingerprint density at radius 1 is 1.17 bits per heavy atom. The second kappa shape index (κ2) is 4.58. The molecule has 2 N–H and O–H groups in total. The number of fused-ring (bicyclic) bond motifs is 1. The highest BCUT2D eigenvalue weighted by molar-refractivity contribution is 5.99. The van der Waals surface area contributed by atoms with Crippen LogP contribution in [0.5, 0.6) is 0 Å². The predicted molar refractivity (Wildman–Crippen MR) is 70.5 cm³/mol. The number of furan rings is 1. The third kappa shape index (κ3) is 2.06. The first kappa shape index (κ1) is 11.5. The van der Waals surface area contributed by atoms with Crippen LogP contribution in [0.4, 0.5) is 0 Å². The minimum Gasteiger partial charge on any atom is -0.453 e. The predicted octanol–water partition coefficient (Wildman–Crippen LogP) is 3.13. The Balaban J connectivity index is 1.83. The van der Waals surface area contributed by atoms with Crippen molar-refractivity contribution in [1.82, 2.24) is 0 Å². The molecule has 3 rings (SSSR count). The van der Waals surface area contributed by atoms with E-state index in [0.717, 1.165) is 36.7 Å². The van der Waals surface area contributed by atoms with Gasteiger partial charge in [0.05, 0.1) is 0 Å². The summed E-state index contributed by atoms with van der Waals surface area (Å²) in [4.78, 5) is 12.3. The molecule has 1 saturated carbocycles. The van der Waals surface area contributed by atoms with E-state index in [2.05, 4.69) is 0 Å². The third-order valence-electron chi connectivity index (χ3n) is 3.81. The van der Waals surface area contributed by atoms with E-state index >= 15 is 0 Å². The van der Waals surface area contributed by atoms with Gasteiger partial charge in [0.1, 0.15) is 5.58 Å². The molecule has 94 valence electrons.